The molecule has 100 valence electrons. The number of hydrogen-bond acceptors (Lipinski definition) is 2. The molecule has 0 aromatic heterocycles. The van der Waals surface area contributed by atoms with E-state index in [9.17, 15) is 4.79 Å². The summed E-state index contributed by atoms with van der Waals surface area (Å²) < 4.78 is 0. The molecule has 1 heterocycles. The Kier molecular flexibility index (Phi) is 6.16. The Bertz CT molecular complexity index is 372. The molecular formula is C14H21ClN2O. The summed E-state index contributed by atoms with van der Waals surface area (Å²) in [6.07, 6.45) is 4.95. The van der Waals surface area contributed by atoms with Crippen molar-refractivity contribution in [2.45, 2.75) is 25.7 Å². The van der Waals surface area contributed by atoms with E-state index in [1.165, 1.54) is 31.4 Å². The molecule has 0 bridgehead atoms. The van der Waals surface area contributed by atoms with Crippen LogP contribution in [0.5, 0.6) is 0 Å². The van der Waals surface area contributed by atoms with Crippen LogP contribution in [0.1, 0.15) is 35.2 Å². The molecule has 0 spiro atoms. The van der Waals surface area contributed by atoms with Crippen molar-refractivity contribution in [3.05, 3.63) is 35.4 Å². The van der Waals surface area contributed by atoms with Gasteiger partial charge in [0.15, 0.2) is 0 Å². The maximum Gasteiger partial charge on any atom is 0.248 e. The van der Waals surface area contributed by atoms with E-state index in [1.54, 1.807) is 0 Å². The van der Waals surface area contributed by atoms with Crippen LogP contribution in [0.4, 0.5) is 0 Å². The molecule has 1 aliphatic rings. The summed E-state index contributed by atoms with van der Waals surface area (Å²) in [5, 5.41) is 3.43. The number of aryl methyl sites for hydroxylation is 1. The molecular weight excluding hydrogens is 248 g/mol. The summed E-state index contributed by atoms with van der Waals surface area (Å²) >= 11 is 0. The van der Waals surface area contributed by atoms with Crippen LogP contribution in [0.15, 0.2) is 24.3 Å². The molecule has 4 heteroatoms. The highest BCUT2D eigenvalue weighted by Crippen LogP contribution is 2.17. The van der Waals surface area contributed by atoms with Gasteiger partial charge in [0.05, 0.1) is 0 Å². The Balaban J connectivity index is 0.00000162. The molecule has 3 nitrogen and oxygen atoms in total. The van der Waals surface area contributed by atoms with E-state index in [0.717, 1.165) is 18.9 Å². The van der Waals surface area contributed by atoms with Crippen LogP contribution in [0, 0.1) is 5.92 Å². The summed E-state index contributed by atoms with van der Waals surface area (Å²) in [5.74, 6) is 0.451. The number of nitrogens with one attached hydrogen (secondary N) is 1. The van der Waals surface area contributed by atoms with Crippen molar-refractivity contribution in [3.63, 3.8) is 0 Å². The van der Waals surface area contributed by atoms with Crippen molar-refractivity contribution in [1.82, 2.24) is 5.32 Å². The summed E-state index contributed by atoms with van der Waals surface area (Å²) in [5.41, 5.74) is 7.09. The van der Waals surface area contributed by atoms with Gasteiger partial charge in [0.25, 0.3) is 0 Å². The summed E-state index contributed by atoms with van der Waals surface area (Å²) in [6, 6.07) is 7.65. The summed E-state index contributed by atoms with van der Waals surface area (Å²) in [6.45, 7) is 2.32. The standard InChI is InChI=1S/C14H20N2O.ClH/c15-14(17)13-7-5-11(6-8-13)3-4-12-2-1-9-16-10-12;/h5-8,12,16H,1-4,9-10H2,(H2,15,17);1H. The van der Waals surface area contributed by atoms with E-state index in [-0.39, 0.29) is 18.3 Å². The first kappa shape index (κ1) is 15.0. The summed E-state index contributed by atoms with van der Waals surface area (Å²) in [4.78, 5) is 10.9. The fourth-order valence-corrected chi connectivity index (χ4v) is 2.38. The van der Waals surface area contributed by atoms with Crippen molar-refractivity contribution < 1.29 is 4.79 Å². The number of primary amides is 1. The van der Waals surface area contributed by atoms with Crippen LogP contribution in [0.3, 0.4) is 0 Å². The zero-order valence-electron chi connectivity index (χ0n) is 10.5. The maximum absolute atomic E-state index is 10.9. The van der Waals surface area contributed by atoms with Crippen LogP contribution in [-0.2, 0) is 6.42 Å². The summed E-state index contributed by atoms with van der Waals surface area (Å²) in [7, 11) is 0. The Morgan fingerprint density at radius 1 is 1.33 bits per heavy atom. The zero-order chi connectivity index (χ0) is 12.1. The third-order valence-corrected chi connectivity index (χ3v) is 3.48. The lowest BCUT2D eigenvalue weighted by Crippen LogP contribution is -2.29. The maximum atomic E-state index is 10.9. The van der Waals surface area contributed by atoms with Crippen LogP contribution < -0.4 is 11.1 Å². The Morgan fingerprint density at radius 3 is 2.61 bits per heavy atom. The Morgan fingerprint density at radius 2 is 2.06 bits per heavy atom. The molecule has 1 fully saturated rings. The Labute approximate surface area is 115 Å². The van der Waals surface area contributed by atoms with Gasteiger partial charge in [-0.25, -0.2) is 0 Å². The van der Waals surface area contributed by atoms with Gasteiger partial charge in [-0.05, 0) is 62.4 Å². The van der Waals surface area contributed by atoms with E-state index >= 15 is 0 Å². The fourth-order valence-electron chi connectivity index (χ4n) is 2.38. The lowest BCUT2D eigenvalue weighted by atomic mass is 9.92. The van der Waals surface area contributed by atoms with Gasteiger partial charge in [0.1, 0.15) is 0 Å². The molecule has 1 unspecified atom stereocenters. The minimum absolute atomic E-state index is 0. The van der Waals surface area contributed by atoms with Crippen LogP contribution >= 0.6 is 12.4 Å². The third kappa shape index (κ3) is 4.31. The first-order valence-corrected chi connectivity index (χ1v) is 6.35. The van der Waals surface area contributed by atoms with Crippen LogP contribution in [0.25, 0.3) is 0 Å². The molecule has 1 atom stereocenters. The first-order valence-electron chi connectivity index (χ1n) is 6.35. The number of halogens is 1. The van der Waals surface area contributed by atoms with Gasteiger partial charge >= 0.3 is 0 Å². The number of carbonyl (C=O) groups is 1. The molecule has 1 amide bonds. The van der Waals surface area contributed by atoms with E-state index < -0.39 is 0 Å². The smallest absolute Gasteiger partial charge is 0.248 e. The van der Waals surface area contributed by atoms with Gasteiger partial charge in [-0.15, -0.1) is 12.4 Å². The van der Waals surface area contributed by atoms with Crippen molar-refractivity contribution in [1.29, 1.82) is 0 Å². The molecule has 1 saturated heterocycles. The molecule has 1 aliphatic heterocycles. The van der Waals surface area contributed by atoms with Crippen LogP contribution in [0.2, 0.25) is 0 Å². The van der Waals surface area contributed by atoms with Gasteiger partial charge < -0.3 is 11.1 Å². The number of rotatable bonds is 4. The minimum atomic E-state index is -0.354. The molecule has 1 aromatic carbocycles. The first-order chi connectivity index (χ1) is 8.25. The van der Waals surface area contributed by atoms with Crippen molar-refractivity contribution in [2.24, 2.45) is 11.7 Å². The van der Waals surface area contributed by atoms with Crippen molar-refractivity contribution >= 4 is 18.3 Å². The second-order valence-corrected chi connectivity index (χ2v) is 4.81. The van der Waals surface area contributed by atoms with Crippen molar-refractivity contribution in [3.8, 4) is 0 Å². The van der Waals surface area contributed by atoms with Crippen molar-refractivity contribution in [2.75, 3.05) is 13.1 Å². The van der Waals surface area contributed by atoms with Crippen LogP contribution in [-0.4, -0.2) is 19.0 Å². The number of nitrogens with two attached hydrogens (primary N) is 1. The third-order valence-electron chi connectivity index (χ3n) is 3.48. The van der Waals surface area contributed by atoms with Gasteiger partial charge in [-0.3, -0.25) is 4.79 Å². The zero-order valence-corrected chi connectivity index (χ0v) is 11.3. The largest absolute Gasteiger partial charge is 0.366 e. The van der Waals surface area contributed by atoms with Gasteiger partial charge in [0.2, 0.25) is 5.91 Å². The predicted molar refractivity (Wildman–Crippen MR) is 76.1 cm³/mol. The SMILES string of the molecule is Cl.NC(=O)c1ccc(CCC2CCCNC2)cc1. The van der Waals surface area contributed by atoms with E-state index in [4.69, 9.17) is 5.73 Å². The monoisotopic (exact) mass is 268 g/mol. The highest BCUT2D eigenvalue weighted by Gasteiger charge is 2.12. The lowest BCUT2D eigenvalue weighted by Gasteiger charge is -2.22. The number of carbonyl (C=O) groups excluding carboxylic acids is 1. The second-order valence-electron chi connectivity index (χ2n) is 4.81. The number of amides is 1. The number of hydrogen-bond donors (Lipinski definition) is 2. The van der Waals surface area contributed by atoms with Gasteiger partial charge in [-0.2, -0.15) is 0 Å². The fraction of sp³-hybridized carbons (Fsp3) is 0.500. The topological polar surface area (TPSA) is 55.1 Å². The lowest BCUT2D eigenvalue weighted by molar-refractivity contribution is 0.100. The normalized spacial score (nSPS) is 19.0. The molecule has 18 heavy (non-hydrogen) atoms. The van der Waals surface area contributed by atoms with E-state index in [0.29, 0.717) is 5.56 Å². The predicted octanol–water partition coefficient (Wildman–Crippen LogP) is 2.14. The van der Waals surface area contributed by atoms with E-state index in [2.05, 4.69) is 5.32 Å². The highest BCUT2D eigenvalue weighted by atomic mass is 35.5. The molecule has 0 radical (unpaired) electrons. The highest BCUT2D eigenvalue weighted by molar-refractivity contribution is 5.92. The number of benzene rings is 1. The molecule has 3 N–H and O–H groups in total. The van der Waals surface area contributed by atoms with E-state index in [1.807, 2.05) is 24.3 Å². The minimum Gasteiger partial charge on any atom is -0.366 e. The van der Waals surface area contributed by atoms with Gasteiger partial charge in [0, 0.05) is 5.56 Å². The number of piperidine rings is 1. The average molecular weight is 269 g/mol. The molecule has 0 aliphatic carbocycles. The quantitative estimate of drug-likeness (QED) is 0.879. The molecule has 0 saturated carbocycles. The second kappa shape index (κ2) is 7.39. The molecule has 2 rings (SSSR count). The van der Waals surface area contributed by atoms with Gasteiger partial charge in [-0.1, -0.05) is 12.1 Å². The molecule has 1 aromatic rings. The average Bonchev–Trinajstić information content (AvgIpc) is 2.38. The Hall–Kier alpha value is -1.06.